The summed E-state index contributed by atoms with van der Waals surface area (Å²) in [6, 6.07) is 25.6. The van der Waals surface area contributed by atoms with Crippen LogP contribution in [0, 0.1) is 5.82 Å². The molecule has 3 rings (SSSR count). The van der Waals surface area contributed by atoms with Gasteiger partial charge in [-0.1, -0.05) is 60.7 Å². The third kappa shape index (κ3) is 4.44. The summed E-state index contributed by atoms with van der Waals surface area (Å²) in [6.07, 6.45) is 0. The maximum absolute atomic E-state index is 13.7. The van der Waals surface area contributed by atoms with Gasteiger partial charge in [0.05, 0.1) is 18.8 Å². The van der Waals surface area contributed by atoms with Crippen LogP contribution in [0.5, 0.6) is 0 Å². The Morgan fingerprint density at radius 3 is 2.12 bits per heavy atom. The summed E-state index contributed by atoms with van der Waals surface area (Å²) in [5.74, 6) is -0.497. The molecule has 0 spiro atoms. The number of rotatable bonds is 6. The van der Waals surface area contributed by atoms with E-state index in [2.05, 4.69) is 5.32 Å². The van der Waals surface area contributed by atoms with Crippen molar-refractivity contribution >= 4 is 17.3 Å². The molecule has 0 unspecified atom stereocenters. The minimum absolute atomic E-state index is 0.0165. The molecule has 25 heavy (non-hydrogen) atoms. The van der Waals surface area contributed by atoms with Crippen LogP contribution >= 0.6 is 0 Å². The normalized spacial score (nSPS) is 10.3. The summed E-state index contributed by atoms with van der Waals surface area (Å²) in [5.41, 5.74) is 2.17. The first kappa shape index (κ1) is 16.7. The molecule has 0 atom stereocenters. The van der Waals surface area contributed by atoms with Gasteiger partial charge in [0.25, 0.3) is 0 Å². The molecule has 0 fully saturated rings. The van der Waals surface area contributed by atoms with Gasteiger partial charge >= 0.3 is 0 Å². The zero-order valence-electron chi connectivity index (χ0n) is 13.7. The highest BCUT2D eigenvalue weighted by molar-refractivity contribution is 5.96. The summed E-state index contributed by atoms with van der Waals surface area (Å²) in [5, 5.41) is 2.88. The molecule has 0 heterocycles. The van der Waals surface area contributed by atoms with Crippen LogP contribution in [0.25, 0.3) is 0 Å². The molecule has 3 aromatic rings. The Kier molecular flexibility index (Phi) is 5.42. The number of carbonyl (C=O) groups excluding carboxylic acids is 1. The van der Waals surface area contributed by atoms with Crippen LogP contribution in [0.4, 0.5) is 15.8 Å². The molecule has 3 nitrogen and oxygen atoms in total. The summed E-state index contributed by atoms with van der Waals surface area (Å²) >= 11 is 0. The molecule has 1 N–H and O–H groups in total. The average molecular weight is 334 g/mol. The van der Waals surface area contributed by atoms with Crippen LogP contribution in [0.2, 0.25) is 0 Å². The molecular formula is C21H19FN2O. The molecule has 126 valence electrons. The van der Waals surface area contributed by atoms with Gasteiger partial charge in [0, 0.05) is 5.69 Å². The van der Waals surface area contributed by atoms with Crippen molar-refractivity contribution in [2.75, 3.05) is 16.8 Å². The first-order valence-electron chi connectivity index (χ1n) is 8.12. The van der Waals surface area contributed by atoms with E-state index in [9.17, 15) is 9.18 Å². The smallest absolute Gasteiger partial charge is 0.246 e. The van der Waals surface area contributed by atoms with Gasteiger partial charge in [0.1, 0.15) is 5.82 Å². The lowest BCUT2D eigenvalue weighted by Gasteiger charge is -2.23. The number of para-hydroxylation sites is 2. The highest BCUT2D eigenvalue weighted by atomic mass is 19.1. The largest absolute Gasteiger partial charge is 0.374 e. The van der Waals surface area contributed by atoms with E-state index in [1.807, 2.05) is 60.7 Å². The van der Waals surface area contributed by atoms with Crippen molar-refractivity contribution in [3.63, 3.8) is 0 Å². The second-order valence-electron chi connectivity index (χ2n) is 5.63. The first-order chi connectivity index (χ1) is 12.2. The predicted octanol–water partition coefficient (Wildman–Crippen LogP) is 4.47. The van der Waals surface area contributed by atoms with Crippen molar-refractivity contribution in [1.29, 1.82) is 0 Å². The summed E-state index contributed by atoms with van der Waals surface area (Å²) in [4.78, 5) is 14.5. The number of carbonyl (C=O) groups is 1. The highest BCUT2D eigenvalue weighted by Gasteiger charge is 2.16. The molecule has 1 amide bonds. The fourth-order valence-corrected chi connectivity index (χ4v) is 2.57. The van der Waals surface area contributed by atoms with Crippen LogP contribution in [0.3, 0.4) is 0 Å². The molecule has 0 aliphatic rings. The van der Waals surface area contributed by atoms with Gasteiger partial charge in [-0.05, 0) is 29.8 Å². The standard InChI is InChI=1S/C21H19FN2O/c22-19-13-7-8-14-20(19)23-15-21(25)24(18-11-5-2-6-12-18)16-17-9-3-1-4-10-17/h1-14,23H,15-16H2. The summed E-state index contributed by atoms with van der Waals surface area (Å²) in [6.45, 7) is 0.477. The number of hydrogen-bond donors (Lipinski definition) is 1. The van der Waals surface area contributed by atoms with E-state index >= 15 is 0 Å². The molecule has 0 aliphatic carbocycles. The van der Waals surface area contributed by atoms with E-state index in [0.717, 1.165) is 11.3 Å². The highest BCUT2D eigenvalue weighted by Crippen LogP contribution is 2.18. The van der Waals surface area contributed by atoms with E-state index in [0.29, 0.717) is 12.2 Å². The van der Waals surface area contributed by atoms with Gasteiger partial charge in [-0.25, -0.2) is 4.39 Å². The fourth-order valence-electron chi connectivity index (χ4n) is 2.57. The number of anilines is 2. The molecule has 3 aromatic carbocycles. The minimum Gasteiger partial charge on any atom is -0.374 e. The molecule has 0 aliphatic heterocycles. The molecule has 0 saturated heterocycles. The number of hydrogen-bond acceptors (Lipinski definition) is 2. The van der Waals surface area contributed by atoms with Crippen LogP contribution in [0.1, 0.15) is 5.56 Å². The van der Waals surface area contributed by atoms with Crippen molar-refractivity contribution in [2.45, 2.75) is 6.54 Å². The van der Waals surface area contributed by atoms with E-state index in [1.54, 1.807) is 23.1 Å². The number of nitrogens with one attached hydrogen (secondary N) is 1. The Morgan fingerprint density at radius 1 is 0.840 bits per heavy atom. The zero-order chi connectivity index (χ0) is 17.5. The maximum Gasteiger partial charge on any atom is 0.246 e. The zero-order valence-corrected chi connectivity index (χ0v) is 13.7. The molecular weight excluding hydrogens is 315 g/mol. The monoisotopic (exact) mass is 334 g/mol. The molecule has 0 aromatic heterocycles. The van der Waals surface area contributed by atoms with E-state index in [-0.39, 0.29) is 18.3 Å². The van der Waals surface area contributed by atoms with Crippen LogP contribution in [-0.2, 0) is 11.3 Å². The lowest BCUT2D eigenvalue weighted by atomic mass is 10.2. The van der Waals surface area contributed by atoms with Gasteiger partial charge in [0.15, 0.2) is 0 Å². The van der Waals surface area contributed by atoms with Crippen molar-refractivity contribution in [3.05, 3.63) is 96.3 Å². The van der Waals surface area contributed by atoms with Gasteiger partial charge in [-0.2, -0.15) is 0 Å². The topological polar surface area (TPSA) is 32.3 Å². The van der Waals surface area contributed by atoms with Crippen LogP contribution in [0.15, 0.2) is 84.9 Å². The van der Waals surface area contributed by atoms with Crippen molar-refractivity contribution in [2.24, 2.45) is 0 Å². The van der Waals surface area contributed by atoms with Crippen LogP contribution < -0.4 is 10.2 Å². The maximum atomic E-state index is 13.7. The Bertz CT molecular complexity index is 822. The van der Waals surface area contributed by atoms with E-state index in [4.69, 9.17) is 0 Å². The lowest BCUT2D eigenvalue weighted by molar-refractivity contribution is -0.117. The van der Waals surface area contributed by atoms with Gasteiger partial charge in [0.2, 0.25) is 5.91 Å². The number of nitrogens with zero attached hydrogens (tertiary/aromatic N) is 1. The SMILES string of the molecule is O=C(CNc1ccccc1F)N(Cc1ccccc1)c1ccccc1. The first-order valence-corrected chi connectivity index (χ1v) is 8.12. The van der Waals surface area contributed by atoms with Crippen LogP contribution in [-0.4, -0.2) is 12.5 Å². The van der Waals surface area contributed by atoms with E-state index < -0.39 is 0 Å². The Hall–Kier alpha value is -3.14. The third-order valence-electron chi connectivity index (χ3n) is 3.86. The third-order valence-corrected chi connectivity index (χ3v) is 3.86. The van der Waals surface area contributed by atoms with E-state index in [1.165, 1.54) is 6.07 Å². The van der Waals surface area contributed by atoms with Gasteiger partial charge < -0.3 is 10.2 Å². The minimum atomic E-state index is -0.371. The Labute approximate surface area is 146 Å². The number of halogens is 1. The van der Waals surface area contributed by atoms with Gasteiger partial charge in [-0.3, -0.25) is 4.79 Å². The van der Waals surface area contributed by atoms with Crippen molar-refractivity contribution < 1.29 is 9.18 Å². The Morgan fingerprint density at radius 2 is 1.44 bits per heavy atom. The fraction of sp³-hybridized carbons (Fsp3) is 0.0952. The summed E-state index contributed by atoms with van der Waals surface area (Å²) in [7, 11) is 0. The predicted molar refractivity (Wildman–Crippen MR) is 99.0 cm³/mol. The number of benzene rings is 3. The second kappa shape index (κ2) is 8.11. The number of amides is 1. The molecule has 0 saturated carbocycles. The Balaban J connectivity index is 1.76. The second-order valence-corrected chi connectivity index (χ2v) is 5.63. The average Bonchev–Trinajstić information content (AvgIpc) is 2.67. The molecule has 0 bridgehead atoms. The molecule has 0 radical (unpaired) electrons. The quantitative estimate of drug-likeness (QED) is 0.721. The van der Waals surface area contributed by atoms with Gasteiger partial charge in [-0.15, -0.1) is 0 Å². The van der Waals surface area contributed by atoms with Crippen molar-refractivity contribution in [3.8, 4) is 0 Å². The molecule has 4 heteroatoms. The lowest BCUT2D eigenvalue weighted by Crippen LogP contribution is -2.35. The van der Waals surface area contributed by atoms with Crippen molar-refractivity contribution in [1.82, 2.24) is 0 Å². The summed E-state index contributed by atoms with van der Waals surface area (Å²) < 4.78 is 13.7.